The minimum absolute atomic E-state index is 0.0671. The Hall–Kier alpha value is -1.20. The van der Waals surface area contributed by atoms with Crippen LogP contribution in [0.3, 0.4) is 0 Å². The molecule has 0 saturated carbocycles. The molecule has 0 radical (unpaired) electrons. The van der Waals surface area contributed by atoms with Crippen LogP contribution < -0.4 is 4.74 Å². The van der Waals surface area contributed by atoms with Crippen LogP contribution in [0.4, 0.5) is 0 Å². The molecule has 0 saturated heterocycles. The van der Waals surface area contributed by atoms with Gasteiger partial charge < -0.3 is 4.74 Å². The van der Waals surface area contributed by atoms with Crippen LogP contribution >= 0.6 is 22.7 Å². The van der Waals surface area contributed by atoms with E-state index >= 15 is 0 Å². The van der Waals surface area contributed by atoms with Gasteiger partial charge >= 0.3 is 5.97 Å². The molecule has 2 aromatic heterocycles. The molecular weight excluding hydrogens is 232 g/mol. The largest absolute Gasteiger partial charge is 0.416 e. The monoisotopic (exact) mass is 240 g/mol. The van der Waals surface area contributed by atoms with Gasteiger partial charge in [-0.3, -0.25) is 9.59 Å². The molecule has 0 aliphatic rings. The minimum atomic E-state index is -0.323. The molecule has 0 fully saturated rings. The van der Waals surface area contributed by atoms with E-state index < -0.39 is 0 Å². The summed E-state index contributed by atoms with van der Waals surface area (Å²) in [5, 5.41) is 0.582. The first kappa shape index (κ1) is 10.3. The molecule has 5 heteroatoms. The predicted octanol–water partition coefficient (Wildman–Crippen LogP) is 3.09. The average Bonchev–Trinajstić information content (AvgIpc) is 2.58. The average molecular weight is 240 g/mol. The van der Waals surface area contributed by atoms with Crippen molar-refractivity contribution in [3.63, 3.8) is 0 Å². The molecule has 0 N–H and O–H groups in total. The third kappa shape index (κ3) is 2.08. The quantitative estimate of drug-likeness (QED) is 0.598. The number of ether oxygens (including phenoxy) is 1. The lowest BCUT2D eigenvalue weighted by Gasteiger charge is -1.92. The van der Waals surface area contributed by atoms with Gasteiger partial charge in [0.25, 0.3) is 0 Å². The fourth-order valence-corrected chi connectivity index (χ4v) is 3.35. The van der Waals surface area contributed by atoms with Gasteiger partial charge in [-0.25, -0.2) is 0 Å². The van der Waals surface area contributed by atoms with Crippen molar-refractivity contribution in [2.24, 2.45) is 0 Å². The molecule has 0 unspecified atom stereocenters. The summed E-state index contributed by atoms with van der Waals surface area (Å²) in [6.45, 7) is 2.91. The number of hydrogen-bond donors (Lipinski definition) is 0. The van der Waals surface area contributed by atoms with Gasteiger partial charge in [0.15, 0.2) is 10.8 Å². The summed E-state index contributed by atoms with van der Waals surface area (Å²) in [6.07, 6.45) is 0. The number of hydrogen-bond acceptors (Lipinski definition) is 5. The Kier molecular flexibility index (Phi) is 2.58. The van der Waals surface area contributed by atoms with E-state index in [9.17, 15) is 9.59 Å². The molecule has 0 atom stereocenters. The first-order valence-corrected chi connectivity index (χ1v) is 5.92. The zero-order valence-electron chi connectivity index (χ0n) is 8.20. The lowest BCUT2D eigenvalue weighted by atomic mass is 10.3. The van der Waals surface area contributed by atoms with Crippen LogP contribution in [0.25, 0.3) is 9.40 Å². The van der Waals surface area contributed by atoms with Crippen molar-refractivity contribution < 1.29 is 14.3 Å². The van der Waals surface area contributed by atoms with Crippen molar-refractivity contribution in [1.29, 1.82) is 0 Å². The number of carbonyl (C=O) groups excluding carboxylic acids is 2. The predicted molar refractivity (Wildman–Crippen MR) is 61.0 cm³/mol. The molecule has 2 aromatic rings. The van der Waals surface area contributed by atoms with E-state index in [4.69, 9.17) is 4.74 Å². The molecule has 78 valence electrons. The Morgan fingerprint density at radius 2 is 1.80 bits per heavy atom. The second kappa shape index (κ2) is 3.75. The standard InChI is InChI=1S/C10H8O3S2/c1-5(11)7-3-8-9(14-7)4-10(15-8)13-6(2)12/h3-4H,1-2H3. The summed E-state index contributed by atoms with van der Waals surface area (Å²) in [5.74, 6) is -0.256. The van der Waals surface area contributed by atoms with E-state index in [1.807, 2.05) is 6.07 Å². The Bertz CT molecular complexity index is 504. The highest BCUT2D eigenvalue weighted by molar-refractivity contribution is 7.29. The summed E-state index contributed by atoms with van der Waals surface area (Å²) < 4.78 is 6.93. The second-order valence-electron chi connectivity index (χ2n) is 3.05. The van der Waals surface area contributed by atoms with E-state index in [1.54, 1.807) is 13.0 Å². The summed E-state index contributed by atoms with van der Waals surface area (Å²) in [7, 11) is 0. The summed E-state index contributed by atoms with van der Waals surface area (Å²) in [5.41, 5.74) is 0. The van der Waals surface area contributed by atoms with E-state index in [-0.39, 0.29) is 11.8 Å². The first-order chi connectivity index (χ1) is 7.06. The van der Waals surface area contributed by atoms with Gasteiger partial charge in [-0.05, 0) is 13.0 Å². The fourth-order valence-electron chi connectivity index (χ4n) is 1.18. The molecule has 3 nitrogen and oxygen atoms in total. The van der Waals surface area contributed by atoms with Crippen LogP contribution in [0.15, 0.2) is 12.1 Å². The van der Waals surface area contributed by atoms with Crippen molar-refractivity contribution in [1.82, 2.24) is 0 Å². The highest BCUT2D eigenvalue weighted by atomic mass is 32.1. The SMILES string of the molecule is CC(=O)Oc1cc2sc(C(C)=O)cc2s1. The molecule has 0 aliphatic heterocycles. The second-order valence-corrected chi connectivity index (χ2v) is 5.18. The molecule has 2 rings (SSSR count). The van der Waals surface area contributed by atoms with Crippen LogP contribution in [-0.2, 0) is 4.79 Å². The zero-order valence-corrected chi connectivity index (χ0v) is 9.83. The van der Waals surface area contributed by atoms with Gasteiger partial charge in [0, 0.05) is 22.4 Å². The van der Waals surface area contributed by atoms with Gasteiger partial charge in [0.05, 0.1) is 4.88 Å². The van der Waals surface area contributed by atoms with Gasteiger partial charge in [0.1, 0.15) is 0 Å². The van der Waals surface area contributed by atoms with Gasteiger partial charge in [-0.1, -0.05) is 11.3 Å². The molecule has 0 bridgehead atoms. The van der Waals surface area contributed by atoms with Crippen LogP contribution in [0, 0.1) is 0 Å². The number of thiophene rings is 2. The lowest BCUT2D eigenvalue weighted by Crippen LogP contribution is -1.98. The molecule has 0 aliphatic carbocycles. The van der Waals surface area contributed by atoms with E-state index in [0.717, 1.165) is 14.3 Å². The van der Waals surface area contributed by atoms with Gasteiger partial charge in [-0.15, -0.1) is 11.3 Å². The Labute approximate surface area is 94.3 Å². The molecule has 2 heterocycles. The summed E-state index contributed by atoms with van der Waals surface area (Å²) in [4.78, 5) is 22.6. The molecule has 0 aromatic carbocycles. The normalized spacial score (nSPS) is 10.5. The number of carbonyl (C=O) groups is 2. The number of Topliss-reactive ketones (excluding diaryl/α,β-unsaturated/α-hetero) is 1. The smallest absolute Gasteiger partial charge is 0.308 e. The number of fused-ring (bicyclic) bond motifs is 1. The minimum Gasteiger partial charge on any atom is -0.416 e. The van der Waals surface area contributed by atoms with Crippen molar-refractivity contribution >= 4 is 43.8 Å². The maximum atomic E-state index is 11.1. The third-order valence-electron chi connectivity index (χ3n) is 1.78. The maximum Gasteiger partial charge on any atom is 0.308 e. The Morgan fingerprint density at radius 1 is 1.13 bits per heavy atom. The third-order valence-corrected chi connectivity index (χ3v) is 4.05. The van der Waals surface area contributed by atoms with Crippen molar-refractivity contribution in [2.45, 2.75) is 13.8 Å². The number of rotatable bonds is 2. The molecule has 15 heavy (non-hydrogen) atoms. The van der Waals surface area contributed by atoms with Crippen molar-refractivity contribution in [3.8, 4) is 5.06 Å². The fraction of sp³-hybridized carbons (Fsp3) is 0.200. The lowest BCUT2D eigenvalue weighted by molar-refractivity contribution is -0.131. The van der Waals surface area contributed by atoms with Crippen LogP contribution in [0.2, 0.25) is 0 Å². The summed E-state index contributed by atoms with van der Waals surface area (Å²) in [6, 6.07) is 3.62. The highest BCUT2D eigenvalue weighted by Crippen LogP contribution is 2.37. The van der Waals surface area contributed by atoms with Crippen LogP contribution in [-0.4, -0.2) is 11.8 Å². The molecular formula is C10H8O3S2. The van der Waals surface area contributed by atoms with E-state index in [0.29, 0.717) is 5.06 Å². The van der Waals surface area contributed by atoms with Gasteiger partial charge in [0.2, 0.25) is 0 Å². The number of ketones is 1. The Morgan fingerprint density at radius 3 is 2.33 bits per heavy atom. The van der Waals surface area contributed by atoms with Crippen molar-refractivity contribution in [2.75, 3.05) is 0 Å². The van der Waals surface area contributed by atoms with E-state index in [2.05, 4.69) is 0 Å². The molecule has 0 spiro atoms. The topological polar surface area (TPSA) is 43.4 Å². The van der Waals surface area contributed by atoms with E-state index in [1.165, 1.54) is 29.6 Å². The number of esters is 1. The van der Waals surface area contributed by atoms with Crippen molar-refractivity contribution in [3.05, 3.63) is 17.0 Å². The molecule has 0 amide bonds. The highest BCUT2D eigenvalue weighted by Gasteiger charge is 2.10. The van der Waals surface area contributed by atoms with Crippen LogP contribution in [0.5, 0.6) is 5.06 Å². The summed E-state index contributed by atoms with van der Waals surface area (Å²) >= 11 is 2.80. The zero-order chi connectivity index (χ0) is 11.0. The van der Waals surface area contributed by atoms with Crippen LogP contribution in [0.1, 0.15) is 23.5 Å². The Balaban J connectivity index is 2.38. The maximum absolute atomic E-state index is 11.1. The first-order valence-electron chi connectivity index (χ1n) is 4.29. The van der Waals surface area contributed by atoms with Gasteiger partial charge in [-0.2, -0.15) is 0 Å².